The third-order valence-corrected chi connectivity index (χ3v) is 4.51. The Hall–Kier alpha value is -3.41. The minimum atomic E-state index is -0.176. The van der Waals surface area contributed by atoms with Crippen LogP contribution in [0.5, 0.6) is 0 Å². The summed E-state index contributed by atoms with van der Waals surface area (Å²) in [5.41, 5.74) is 4.71. The van der Waals surface area contributed by atoms with Crippen molar-refractivity contribution in [1.29, 1.82) is 0 Å². The first-order chi connectivity index (χ1) is 13.2. The number of hydrogen-bond donors (Lipinski definition) is 1. The van der Waals surface area contributed by atoms with E-state index in [0.717, 1.165) is 22.0 Å². The fourth-order valence-corrected chi connectivity index (χ4v) is 3.04. The van der Waals surface area contributed by atoms with Crippen LogP contribution in [-0.2, 0) is 13.0 Å². The summed E-state index contributed by atoms with van der Waals surface area (Å²) < 4.78 is 6.69. The molecule has 1 N–H and O–H groups in total. The summed E-state index contributed by atoms with van der Waals surface area (Å²) >= 11 is 0. The summed E-state index contributed by atoms with van der Waals surface area (Å²) in [6.07, 6.45) is 3.90. The Morgan fingerprint density at radius 1 is 1.11 bits per heavy atom. The van der Waals surface area contributed by atoms with Gasteiger partial charge in [0.1, 0.15) is 6.26 Å². The second kappa shape index (κ2) is 7.45. The molecule has 2 aromatic heterocycles. The highest BCUT2D eigenvalue weighted by Crippen LogP contribution is 2.20. The van der Waals surface area contributed by atoms with E-state index in [9.17, 15) is 4.79 Å². The molecule has 0 fully saturated rings. The third-order valence-electron chi connectivity index (χ3n) is 4.51. The topological polar surface area (TPSA) is 73.0 Å². The zero-order chi connectivity index (χ0) is 18.6. The number of carbonyl (C=O) groups is 1. The van der Waals surface area contributed by atoms with Gasteiger partial charge in [-0.1, -0.05) is 53.2 Å². The van der Waals surface area contributed by atoms with Crippen LogP contribution in [0.1, 0.15) is 27.2 Å². The van der Waals surface area contributed by atoms with E-state index in [4.69, 9.17) is 4.52 Å². The second-order valence-electron chi connectivity index (χ2n) is 6.55. The number of benzene rings is 2. The van der Waals surface area contributed by atoms with Gasteiger partial charge in [-0.2, -0.15) is 5.10 Å². The molecule has 0 aliphatic heterocycles. The third kappa shape index (κ3) is 3.74. The first kappa shape index (κ1) is 17.0. The van der Waals surface area contributed by atoms with Gasteiger partial charge in [-0.3, -0.25) is 9.48 Å². The molecule has 6 heteroatoms. The predicted octanol–water partition coefficient (Wildman–Crippen LogP) is 3.35. The van der Waals surface area contributed by atoms with Gasteiger partial charge in [0.05, 0.1) is 18.3 Å². The van der Waals surface area contributed by atoms with E-state index in [-0.39, 0.29) is 5.91 Å². The molecule has 0 saturated carbocycles. The SMILES string of the molecule is Cc1ccc(Cn2nc(C(=O)NCCc3cnoc3)c3ccccc32)cc1. The first-order valence-electron chi connectivity index (χ1n) is 8.88. The molecule has 136 valence electrons. The number of hydrogen-bond acceptors (Lipinski definition) is 4. The largest absolute Gasteiger partial charge is 0.364 e. The van der Waals surface area contributed by atoms with Crippen LogP contribution in [0.4, 0.5) is 0 Å². The summed E-state index contributed by atoms with van der Waals surface area (Å²) in [4.78, 5) is 12.7. The Kier molecular flexibility index (Phi) is 4.70. The molecule has 0 radical (unpaired) electrons. The fourth-order valence-electron chi connectivity index (χ4n) is 3.04. The first-order valence-corrected chi connectivity index (χ1v) is 8.88. The lowest BCUT2D eigenvalue weighted by Crippen LogP contribution is -2.26. The minimum Gasteiger partial charge on any atom is -0.364 e. The number of aryl methyl sites for hydroxylation is 1. The van der Waals surface area contributed by atoms with E-state index in [1.807, 2.05) is 28.9 Å². The van der Waals surface area contributed by atoms with Gasteiger partial charge >= 0.3 is 0 Å². The molecular formula is C21H20N4O2. The predicted molar refractivity (Wildman–Crippen MR) is 103 cm³/mol. The number of nitrogens with zero attached hydrogens (tertiary/aromatic N) is 3. The van der Waals surface area contributed by atoms with Crippen LogP contribution in [0.25, 0.3) is 10.9 Å². The van der Waals surface area contributed by atoms with Crippen molar-refractivity contribution < 1.29 is 9.32 Å². The lowest BCUT2D eigenvalue weighted by molar-refractivity contribution is 0.0950. The lowest BCUT2D eigenvalue weighted by atomic mass is 10.1. The maximum Gasteiger partial charge on any atom is 0.272 e. The molecule has 6 nitrogen and oxygen atoms in total. The Bertz CT molecular complexity index is 1050. The maximum atomic E-state index is 12.7. The zero-order valence-corrected chi connectivity index (χ0v) is 15.1. The fraction of sp³-hybridized carbons (Fsp3) is 0.190. The number of para-hydroxylation sites is 1. The quantitative estimate of drug-likeness (QED) is 0.572. The van der Waals surface area contributed by atoms with Gasteiger partial charge in [-0.15, -0.1) is 0 Å². The van der Waals surface area contributed by atoms with E-state index in [0.29, 0.717) is 25.2 Å². The molecule has 0 aliphatic rings. The summed E-state index contributed by atoms with van der Waals surface area (Å²) in [6.45, 7) is 3.18. The molecule has 0 spiro atoms. The second-order valence-corrected chi connectivity index (χ2v) is 6.55. The van der Waals surface area contributed by atoms with Crippen molar-refractivity contribution >= 4 is 16.8 Å². The molecule has 4 rings (SSSR count). The highest BCUT2D eigenvalue weighted by Gasteiger charge is 2.16. The number of amides is 1. The van der Waals surface area contributed by atoms with Crippen LogP contribution in [0.2, 0.25) is 0 Å². The summed E-state index contributed by atoms with van der Waals surface area (Å²) in [5, 5.41) is 12.0. The highest BCUT2D eigenvalue weighted by molar-refractivity contribution is 6.04. The Balaban J connectivity index is 1.55. The summed E-state index contributed by atoms with van der Waals surface area (Å²) in [7, 11) is 0. The van der Waals surface area contributed by atoms with Crippen molar-refractivity contribution in [3.8, 4) is 0 Å². The molecule has 2 heterocycles. The average molecular weight is 360 g/mol. The molecule has 0 unspecified atom stereocenters. The van der Waals surface area contributed by atoms with E-state index in [1.54, 1.807) is 12.5 Å². The van der Waals surface area contributed by atoms with Crippen LogP contribution >= 0.6 is 0 Å². The molecule has 4 aromatic rings. The molecule has 0 atom stereocenters. The summed E-state index contributed by atoms with van der Waals surface area (Å²) in [5.74, 6) is -0.176. The number of aromatic nitrogens is 3. The van der Waals surface area contributed by atoms with Crippen molar-refractivity contribution in [3.63, 3.8) is 0 Å². The van der Waals surface area contributed by atoms with Crippen LogP contribution in [0.3, 0.4) is 0 Å². The normalized spacial score (nSPS) is 11.0. The molecule has 0 bridgehead atoms. The van der Waals surface area contributed by atoms with Crippen LogP contribution in [-0.4, -0.2) is 27.4 Å². The van der Waals surface area contributed by atoms with Gasteiger partial charge in [0.2, 0.25) is 0 Å². The van der Waals surface area contributed by atoms with Crippen molar-refractivity contribution in [2.45, 2.75) is 19.9 Å². The molecule has 2 aromatic carbocycles. The van der Waals surface area contributed by atoms with E-state index in [2.05, 4.69) is 46.8 Å². The standard InChI is InChI=1S/C21H20N4O2/c1-15-6-8-16(9-7-15)13-25-19-5-3-2-4-18(19)20(24-25)21(26)22-11-10-17-12-23-27-14-17/h2-9,12,14H,10-11,13H2,1H3,(H,22,26). The van der Waals surface area contributed by atoms with Gasteiger partial charge in [0.25, 0.3) is 5.91 Å². The molecule has 1 amide bonds. The van der Waals surface area contributed by atoms with E-state index < -0.39 is 0 Å². The van der Waals surface area contributed by atoms with Crippen LogP contribution in [0, 0.1) is 6.92 Å². The average Bonchev–Trinajstić information content (AvgIpc) is 3.32. The van der Waals surface area contributed by atoms with E-state index >= 15 is 0 Å². The number of rotatable bonds is 6. The Labute approximate surface area is 156 Å². The van der Waals surface area contributed by atoms with Gasteiger partial charge < -0.3 is 9.84 Å². The summed E-state index contributed by atoms with van der Waals surface area (Å²) in [6, 6.07) is 16.2. The van der Waals surface area contributed by atoms with Gasteiger partial charge in [-0.25, -0.2) is 0 Å². The molecule has 0 saturated heterocycles. The highest BCUT2D eigenvalue weighted by atomic mass is 16.5. The van der Waals surface area contributed by atoms with Crippen molar-refractivity contribution in [2.75, 3.05) is 6.54 Å². The number of fused-ring (bicyclic) bond motifs is 1. The van der Waals surface area contributed by atoms with Gasteiger partial charge in [-0.05, 0) is 25.0 Å². The maximum absolute atomic E-state index is 12.7. The lowest BCUT2D eigenvalue weighted by Gasteiger charge is -2.04. The molecule has 27 heavy (non-hydrogen) atoms. The minimum absolute atomic E-state index is 0.176. The van der Waals surface area contributed by atoms with Crippen molar-refractivity contribution in [1.82, 2.24) is 20.3 Å². The van der Waals surface area contributed by atoms with Crippen molar-refractivity contribution in [3.05, 3.63) is 83.4 Å². The molecular weight excluding hydrogens is 340 g/mol. The van der Waals surface area contributed by atoms with Crippen LogP contribution in [0.15, 0.2) is 65.5 Å². The van der Waals surface area contributed by atoms with E-state index in [1.165, 1.54) is 5.56 Å². The van der Waals surface area contributed by atoms with Crippen LogP contribution < -0.4 is 5.32 Å². The zero-order valence-electron chi connectivity index (χ0n) is 15.1. The van der Waals surface area contributed by atoms with Gasteiger partial charge in [0.15, 0.2) is 5.69 Å². The molecule has 0 aliphatic carbocycles. The Morgan fingerprint density at radius 3 is 2.70 bits per heavy atom. The Morgan fingerprint density at radius 2 is 1.93 bits per heavy atom. The smallest absolute Gasteiger partial charge is 0.272 e. The monoisotopic (exact) mass is 360 g/mol. The number of carbonyl (C=O) groups excluding carboxylic acids is 1. The van der Waals surface area contributed by atoms with Crippen molar-refractivity contribution in [2.24, 2.45) is 0 Å². The number of nitrogens with one attached hydrogen (secondary N) is 1. The van der Waals surface area contributed by atoms with Gasteiger partial charge in [0, 0.05) is 17.5 Å².